The van der Waals surface area contributed by atoms with Crippen LogP contribution in [0.25, 0.3) is 22.3 Å². The summed E-state index contributed by atoms with van der Waals surface area (Å²) >= 11 is 0. The molecule has 3 aromatic carbocycles. The largest absolute Gasteiger partial charge is 0.383 e. The fraction of sp³-hybridized carbons (Fsp3) is 0.0909. The van der Waals surface area contributed by atoms with Crippen LogP contribution in [0.3, 0.4) is 0 Å². The highest BCUT2D eigenvalue weighted by atomic mass is 16.1. The van der Waals surface area contributed by atoms with E-state index in [0.717, 1.165) is 16.8 Å². The molecule has 1 N–H and O–H groups in total. The van der Waals surface area contributed by atoms with Gasteiger partial charge in [0, 0.05) is 24.3 Å². The Morgan fingerprint density at radius 2 is 1.46 bits per heavy atom. The Morgan fingerprint density at radius 3 is 2.23 bits per heavy atom. The summed E-state index contributed by atoms with van der Waals surface area (Å²) in [6.45, 7) is 1.18. The third-order valence-electron chi connectivity index (χ3n) is 4.33. The van der Waals surface area contributed by atoms with Crippen LogP contribution in [0.4, 0.5) is 5.69 Å². The first-order chi connectivity index (χ1) is 12.8. The van der Waals surface area contributed by atoms with E-state index in [0.29, 0.717) is 24.3 Å². The van der Waals surface area contributed by atoms with Crippen LogP contribution >= 0.6 is 0 Å². The fourth-order valence-electron chi connectivity index (χ4n) is 3.05. The van der Waals surface area contributed by atoms with Crippen LogP contribution in [0, 0.1) is 0 Å². The highest BCUT2D eigenvalue weighted by molar-refractivity contribution is 5.79. The molecular weight excluding hydrogens is 322 g/mol. The van der Waals surface area contributed by atoms with E-state index in [-0.39, 0.29) is 5.56 Å². The molecule has 128 valence electrons. The summed E-state index contributed by atoms with van der Waals surface area (Å²) in [6.07, 6.45) is 0. The molecule has 0 radical (unpaired) electrons. The smallest absolute Gasteiger partial charge is 0.261 e. The van der Waals surface area contributed by atoms with Crippen molar-refractivity contribution in [3.05, 3.63) is 95.3 Å². The van der Waals surface area contributed by atoms with Gasteiger partial charge in [-0.2, -0.15) is 0 Å². The molecule has 0 aliphatic heterocycles. The minimum absolute atomic E-state index is 0.00989. The maximum Gasteiger partial charge on any atom is 0.261 e. The average molecular weight is 341 g/mol. The van der Waals surface area contributed by atoms with Gasteiger partial charge in [0.1, 0.15) is 5.82 Å². The summed E-state index contributed by atoms with van der Waals surface area (Å²) in [6, 6.07) is 27.3. The second kappa shape index (κ2) is 7.23. The normalized spacial score (nSPS) is 10.8. The molecule has 0 unspecified atom stereocenters. The van der Waals surface area contributed by atoms with Gasteiger partial charge in [0.05, 0.1) is 10.9 Å². The van der Waals surface area contributed by atoms with Crippen LogP contribution < -0.4 is 10.9 Å². The SMILES string of the molecule is O=c1c2ccccc2nc(-c2ccccc2)n1CCNc1ccccc1. The molecule has 4 rings (SSSR count). The number of fused-ring (bicyclic) bond motifs is 1. The lowest BCUT2D eigenvalue weighted by atomic mass is 10.2. The molecule has 1 aromatic heterocycles. The van der Waals surface area contributed by atoms with Gasteiger partial charge in [0.25, 0.3) is 5.56 Å². The zero-order chi connectivity index (χ0) is 17.8. The molecule has 26 heavy (non-hydrogen) atoms. The summed E-state index contributed by atoms with van der Waals surface area (Å²) in [5.74, 6) is 0.698. The van der Waals surface area contributed by atoms with E-state index >= 15 is 0 Å². The number of hydrogen-bond acceptors (Lipinski definition) is 3. The Morgan fingerprint density at radius 1 is 0.808 bits per heavy atom. The van der Waals surface area contributed by atoms with Gasteiger partial charge in [-0.1, -0.05) is 60.7 Å². The Balaban J connectivity index is 1.73. The number of para-hydroxylation sites is 2. The molecule has 0 fully saturated rings. The van der Waals surface area contributed by atoms with E-state index in [9.17, 15) is 4.79 Å². The first-order valence-corrected chi connectivity index (χ1v) is 8.67. The van der Waals surface area contributed by atoms with E-state index < -0.39 is 0 Å². The van der Waals surface area contributed by atoms with E-state index in [1.807, 2.05) is 84.9 Å². The van der Waals surface area contributed by atoms with Crippen LogP contribution in [0.15, 0.2) is 89.7 Å². The number of hydrogen-bond donors (Lipinski definition) is 1. The second-order valence-electron chi connectivity index (χ2n) is 6.07. The van der Waals surface area contributed by atoms with E-state index in [4.69, 9.17) is 4.98 Å². The topological polar surface area (TPSA) is 46.9 Å². The number of benzene rings is 3. The summed E-state index contributed by atoms with van der Waals surface area (Å²) in [4.78, 5) is 17.8. The molecule has 0 aliphatic carbocycles. The van der Waals surface area contributed by atoms with Crippen molar-refractivity contribution in [2.24, 2.45) is 0 Å². The van der Waals surface area contributed by atoms with Gasteiger partial charge in [-0.25, -0.2) is 4.98 Å². The minimum Gasteiger partial charge on any atom is -0.383 e. The van der Waals surface area contributed by atoms with Crippen molar-refractivity contribution in [3.8, 4) is 11.4 Å². The number of nitrogens with zero attached hydrogens (tertiary/aromatic N) is 2. The van der Waals surface area contributed by atoms with Gasteiger partial charge >= 0.3 is 0 Å². The number of nitrogens with one attached hydrogen (secondary N) is 1. The lowest BCUT2D eigenvalue weighted by molar-refractivity contribution is 0.699. The second-order valence-corrected chi connectivity index (χ2v) is 6.07. The Bertz CT molecular complexity index is 1070. The number of aromatic nitrogens is 2. The van der Waals surface area contributed by atoms with Crippen molar-refractivity contribution in [1.82, 2.24) is 9.55 Å². The quantitative estimate of drug-likeness (QED) is 0.592. The maximum absolute atomic E-state index is 13.1. The molecule has 0 bridgehead atoms. The summed E-state index contributed by atoms with van der Waals surface area (Å²) in [5, 5.41) is 4.00. The van der Waals surface area contributed by atoms with Gasteiger partial charge in [0.2, 0.25) is 0 Å². The van der Waals surface area contributed by atoms with Crippen LogP contribution in [-0.2, 0) is 6.54 Å². The van der Waals surface area contributed by atoms with Crippen LogP contribution in [0.2, 0.25) is 0 Å². The molecule has 0 saturated carbocycles. The van der Waals surface area contributed by atoms with Gasteiger partial charge < -0.3 is 5.32 Å². The van der Waals surface area contributed by atoms with Gasteiger partial charge in [0.15, 0.2) is 0 Å². The third kappa shape index (κ3) is 3.22. The van der Waals surface area contributed by atoms with Crippen LogP contribution in [0.5, 0.6) is 0 Å². The van der Waals surface area contributed by atoms with Gasteiger partial charge in [-0.05, 0) is 24.3 Å². The van der Waals surface area contributed by atoms with Crippen molar-refractivity contribution in [2.75, 3.05) is 11.9 Å². The maximum atomic E-state index is 13.1. The van der Waals surface area contributed by atoms with Crippen molar-refractivity contribution in [3.63, 3.8) is 0 Å². The van der Waals surface area contributed by atoms with Gasteiger partial charge in [-0.3, -0.25) is 9.36 Å². The van der Waals surface area contributed by atoms with Crippen molar-refractivity contribution in [2.45, 2.75) is 6.54 Å². The van der Waals surface area contributed by atoms with Crippen LogP contribution in [-0.4, -0.2) is 16.1 Å². The van der Waals surface area contributed by atoms with Crippen LogP contribution in [0.1, 0.15) is 0 Å². The fourth-order valence-corrected chi connectivity index (χ4v) is 3.05. The van der Waals surface area contributed by atoms with E-state index in [1.54, 1.807) is 4.57 Å². The predicted octanol–water partition coefficient (Wildman–Crippen LogP) is 4.18. The molecule has 0 amide bonds. The zero-order valence-corrected chi connectivity index (χ0v) is 14.3. The Kier molecular flexibility index (Phi) is 4.48. The van der Waals surface area contributed by atoms with E-state index in [2.05, 4.69) is 5.32 Å². The molecule has 4 aromatic rings. The minimum atomic E-state index is -0.00989. The lowest BCUT2D eigenvalue weighted by Gasteiger charge is -2.14. The average Bonchev–Trinajstić information content (AvgIpc) is 2.71. The summed E-state index contributed by atoms with van der Waals surface area (Å²) in [5.41, 5.74) is 2.69. The molecule has 4 heteroatoms. The highest BCUT2D eigenvalue weighted by Crippen LogP contribution is 2.18. The molecule has 0 atom stereocenters. The van der Waals surface area contributed by atoms with Crippen molar-refractivity contribution in [1.29, 1.82) is 0 Å². The monoisotopic (exact) mass is 341 g/mol. The Labute approximate surface area is 151 Å². The molecule has 4 nitrogen and oxygen atoms in total. The molecule has 0 saturated heterocycles. The predicted molar refractivity (Wildman–Crippen MR) is 106 cm³/mol. The van der Waals surface area contributed by atoms with E-state index in [1.165, 1.54) is 0 Å². The highest BCUT2D eigenvalue weighted by Gasteiger charge is 2.12. The standard InChI is InChI=1S/C22H19N3O/c26-22-19-13-7-8-14-20(19)24-21(17-9-3-1-4-10-17)25(22)16-15-23-18-11-5-2-6-12-18/h1-14,23H,15-16H2. The third-order valence-corrected chi connectivity index (χ3v) is 4.33. The van der Waals surface area contributed by atoms with Crippen molar-refractivity contribution >= 4 is 16.6 Å². The summed E-state index contributed by atoms with van der Waals surface area (Å²) in [7, 11) is 0. The Hall–Kier alpha value is -3.40. The number of anilines is 1. The molecular formula is C22H19N3O. The molecule has 1 heterocycles. The number of rotatable bonds is 5. The molecule has 0 aliphatic rings. The first kappa shape index (κ1) is 16.1. The first-order valence-electron chi connectivity index (χ1n) is 8.67. The molecule has 0 spiro atoms. The summed E-state index contributed by atoms with van der Waals surface area (Å²) < 4.78 is 1.76. The lowest BCUT2D eigenvalue weighted by Crippen LogP contribution is -2.26. The zero-order valence-electron chi connectivity index (χ0n) is 14.3. The van der Waals surface area contributed by atoms with Gasteiger partial charge in [-0.15, -0.1) is 0 Å². The van der Waals surface area contributed by atoms with Crippen molar-refractivity contribution < 1.29 is 0 Å².